The fourth-order valence-electron chi connectivity index (χ4n) is 1.66. The highest BCUT2D eigenvalue weighted by molar-refractivity contribution is 7.98. The second-order valence-corrected chi connectivity index (χ2v) is 5.53. The molecule has 16 heavy (non-hydrogen) atoms. The van der Waals surface area contributed by atoms with E-state index in [1.165, 1.54) is 11.3 Å². The van der Waals surface area contributed by atoms with Crippen LogP contribution >= 0.6 is 23.4 Å². The monoisotopic (exact) mass is 257 g/mol. The van der Waals surface area contributed by atoms with Gasteiger partial charge in [-0.3, -0.25) is 0 Å². The van der Waals surface area contributed by atoms with Crippen LogP contribution < -0.4 is 5.32 Å². The Balaban J connectivity index is 2.46. The normalized spacial score (nSPS) is 14.8. The van der Waals surface area contributed by atoms with Crippen molar-refractivity contribution in [1.29, 1.82) is 0 Å². The van der Waals surface area contributed by atoms with Crippen LogP contribution in [0, 0.1) is 5.92 Å². The second kappa shape index (κ2) is 7.21. The lowest BCUT2D eigenvalue weighted by molar-refractivity contribution is 0.501. The van der Waals surface area contributed by atoms with E-state index < -0.39 is 0 Å². The Morgan fingerprint density at radius 2 is 2.00 bits per heavy atom. The topological polar surface area (TPSA) is 12.0 Å². The fourth-order valence-corrected chi connectivity index (χ4v) is 2.64. The predicted molar refractivity (Wildman–Crippen MR) is 75.4 cm³/mol. The van der Waals surface area contributed by atoms with Crippen molar-refractivity contribution in [3.8, 4) is 0 Å². The van der Waals surface area contributed by atoms with Crippen molar-refractivity contribution in [1.82, 2.24) is 5.32 Å². The van der Waals surface area contributed by atoms with Gasteiger partial charge in [0.05, 0.1) is 0 Å². The molecule has 0 aromatic heterocycles. The average molecular weight is 258 g/mol. The number of hydrogen-bond donors (Lipinski definition) is 1. The Morgan fingerprint density at radius 3 is 2.62 bits per heavy atom. The lowest BCUT2D eigenvalue weighted by atomic mass is 10.1. The zero-order valence-corrected chi connectivity index (χ0v) is 11.7. The van der Waals surface area contributed by atoms with Crippen LogP contribution in [-0.4, -0.2) is 18.6 Å². The number of benzene rings is 1. The summed E-state index contributed by atoms with van der Waals surface area (Å²) in [6.07, 6.45) is 2.15. The molecule has 1 aromatic carbocycles. The standard InChI is InChI=1S/C13H20ClNS/c1-10(9-16-3)8-15-11(2)12-6-4-5-7-13(12)14/h4-7,10-11,15H,8-9H2,1-3H3. The molecule has 2 atom stereocenters. The van der Waals surface area contributed by atoms with Gasteiger partial charge >= 0.3 is 0 Å². The third-order valence-corrected chi connectivity index (χ3v) is 3.84. The SMILES string of the molecule is CSCC(C)CNC(C)c1ccccc1Cl. The smallest absolute Gasteiger partial charge is 0.0453 e. The lowest BCUT2D eigenvalue weighted by Gasteiger charge is -2.18. The van der Waals surface area contributed by atoms with Gasteiger partial charge in [-0.15, -0.1) is 0 Å². The first kappa shape index (κ1) is 13.9. The molecule has 0 saturated carbocycles. The van der Waals surface area contributed by atoms with Crippen molar-refractivity contribution in [3.05, 3.63) is 34.9 Å². The molecule has 0 saturated heterocycles. The molecule has 0 amide bonds. The molecule has 0 radical (unpaired) electrons. The van der Waals surface area contributed by atoms with Crippen molar-refractivity contribution in [2.45, 2.75) is 19.9 Å². The third kappa shape index (κ3) is 4.36. The second-order valence-electron chi connectivity index (χ2n) is 4.21. The first-order chi connectivity index (χ1) is 7.65. The van der Waals surface area contributed by atoms with Crippen molar-refractivity contribution < 1.29 is 0 Å². The van der Waals surface area contributed by atoms with Gasteiger partial charge < -0.3 is 5.32 Å². The number of thioether (sulfide) groups is 1. The molecule has 3 heteroatoms. The van der Waals surface area contributed by atoms with Gasteiger partial charge in [0.25, 0.3) is 0 Å². The zero-order chi connectivity index (χ0) is 12.0. The molecule has 0 heterocycles. The van der Waals surface area contributed by atoms with E-state index in [4.69, 9.17) is 11.6 Å². The van der Waals surface area contributed by atoms with Crippen LogP contribution in [-0.2, 0) is 0 Å². The van der Waals surface area contributed by atoms with Crippen molar-refractivity contribution >= 4 is 23.4 Å². The van der Waals surface area contributed by atoms with E-state index in [1.54, 1.807) is 0 Å². The summed E-state index contributed by atoms with van der Waals surface area (Å²) in [6, 6.07) is 8.34. The van der Waals surface area contributed by atoms with E-state index in [2.05, 4.69) is 31.5 Å². The summed E-state index contributed by atoms with van der Waals surface area (Å²) in [5.41, 5.74) is 1.18. The molecule has 0 bridgehead atoms. The van der Waals surface area contributed by atoms with Gasteiger partial charge in [-0.1, -0.05) is 36.7 Å². The summed E-state index contributed by atoms with van der Waals surface area (Å²) in [5, 5.41) is 4.37. The number of nitrogens with one attached hydrogen (secondary N) is 1. The minimum absolute atomic E-state index is 0.318. The van der Waals surface area contributed by atoms with Gasteiger partial charge in [0.2, 0.25) is 0 Å². The van der Waals surface area contributed by atoms with Gasteiger partial charge in [0.1, 0.15) is 0 Å². The average Bonchev–Trinajstić information content (AvgIpc) is 2.27. The first-order valence-corrected chi connectivity index (χ1v) is 7.39. The predicted octanol–water partition coefficient (Wildman–Crippen LogP) is 3.99. The fraction of sp³-hybridized carbons (Fsp3) is 0.538. The van der Waals surface area contributed by atoms with Gasteiger partial charge in [-0.05, 0) is 43.0 Å². The van der Waals surface area contributed by atoms with E-state index in [-0.39, 0.29) is 0 Å². The molecule has 2 unspecified atom stereocenters. The number of hydrogen-bond acceptors (Lipinski definition) is 2. The maximum atomic E-state index is 6.15. The van der Waals surface area contributed by atoms with Crippen LogP contribution in [0.15, 0.2) is 24.3 Å². The lowest BCUT2D eigenvalue weighted by Crippen LogP contribution is -2.25. The number of rotatable bonds is 6. The molecule has 1 nitrogen and oxygen atoms in total. The van der Waals surface area contributed by atoms with Gasteiger partial charge in [0.15, 0.2) is 0 Å². The summed E-state index contributed by atoms with van der Waals surface area (Å²) < 4.78 is 0. The van der Waals surface area contributed by atoms with Crippen molar-refractivity contribution in [2.75, 3.05) is 18.6 Å². The largest absolute Gasteiger partial charge is 0.310 e. The van der Waals surface area contributed by atoms with Crippen LogP contribution in [0.25, 0.3) is 0 Å². The van der Waals surface area contributed by atoms with Crippen LogP contribution in [0.3, 0.4) is 0 Å². The summed E-state index contributed by atoms with van der Waals surface area (Å²) in [4.78, 5) is 0. The summed E-state index contributed by atoms with van der Waals surface area (Å²) >= 11 is 8.05. The quantitative estimate of drug-likeness (QED) is 0.827. The van der Waals surface area contributed by atoms with E-state index in [1.807, 2.05) is 30.0 Å². The Morgan fingerprint density at radius 1 is 1.31 bits per heavy atom. The maximum Gasteiger partial charge on any atom is 0.0453 e. The van der Waals surface area contributed by atoms with Gasteiger partial charge in [-0.25, -0.2) is 0 Å². The summed E-state index contributed by atoms with van der Waals surface area (Å²) in [6.45, 7) is 5.46. The summed E-state index contributed by atoms with van der Waals surface area (Å²) in [7, 11) is 0. The van der Waals surface area contributed by atoms with Crippen LogP contribution in [0.4, 0.5) is 0 Å². The number of halogens is 1. The summed E-state index contributed by atoms with van der Waals surface area (Å²) in [5.74, 6) is 1.89. The van der Waals surface area contributed by atoms with Gasteiger partial charge in [0, 0.05) is 11.1 Å². The molecular formula is C13H20ClNS. The molecule has 0 fully saturated rings. The Bertz CT molecular complexity index is 317. The molecule has 1 rings (SSSR count). The first-order valence-electron chi connectivity index (χ1n) is 5.62. The molecule has 0 aliphatic carbocycles. The minimum Gasteiger partial charge on any atom is -0.310 e. The van der Waals surface area contributed by atoms with Gasteiger partial charge in [-0.2, -0.15) is 11.8 Å². The van der Waals surface area contributed by atoms with Crippen LogP contribution in [0.1, 0.15) is 25.5 Å². The highest BCUT2D eigenvalue weighted by Crippen LogP contribution is 2.22. The molecular weight excluding hydrogens is 238 g/mol. The van der Waals surface area contributed by atoms with E-state index >= 15 is 0 Å². The Kier molecular flexibility index (Phi) is 6.25. The minimum atomic E-state index is 0.318. The van der Waals surface area contributed by atoms with Crippen molar-refractivity contribution in [3.63, 3.8) is 0 Å². The molecule has 0 spiro atoms. The van der Waals surface area contributed by atoms with E-state index in [0.29, 0.717) is 12.0 Å². The molecule has 1 aromatic rings. The molecule has 90 valence electrons. The van der Waals surface area contributed by atoms with Crippen LogP contribution in [0.2, 0.25) is 5.02 Å². The highest BCUT2D eigenvalue weighted by Gasteiger charge is 2.09. The highest BCUT2D eigenvalue weighted by atomic mass is 35.5. The van der Waals surface area contributed by atoms with E-state index in [9.17, 15) is 0 Å². The molecule has 0 aliphatic rings. The van der Waals surface area contributed by atoms with Crippen molar-refractivity contribution in [2.24, 2.45) is 5.92 Å². The Labute approximate surface area is 108 Å². The molecule has 0 aliphatic heterocycles. The Hall–Kier alpha value is -0.180. The van der Waals surface area contributed by atoms with Crippen LogP contribution in [0.5, 0.6) is 0 Å². The van der Waals surface area contributed by atoms with E-state index in [0.717, 1.165) is 11.6 Å². The maximum absolute atomic E-state index is 6.15. The molecule has 1 N–H and O–H groups in total. The zero-order valence-electron chi connectivity index (χ0n) is 10.2. The third-order valence-electron chi connectivity index (χ3n) is 2.60.